The highest BCUT2D eigenvalue weighted by Gasteiger charge is 2.49. The van der Waals surface area contributed by atoms with E-state index in [1.54, 1.807) is 0 Å². The monoisotopic (exact) mass is 229 g/mol. The van der Waals surface area contributed by atoms with E-state index in [4.69, 9.17) is 11.6 Å². The van der Waals surface area contributed by atoms with Crippen LogP contribution in [0.1, 0.15) is 46.0 Å². The van der Waals surface area contributed by atoms with Gasteiger partial charge in [0, 0.05) is 11.9 Å². The van der Waals surface area contributed by atoms with Gasteiger partial charge in [0.25, 0.3) is 0 Å². The Labute approximate surface area is 96.8 Å². The van der Waals surface area contributed by atoms with Crippen LogP contribution in [0.5, 0.6) is 0 Å². The van der Waals surface area contributed by atoms with Crippen LogP contribution in [-0.2, 0) is 4.79 Å². The van der Waals surface area contributed by atoms with Gasteiger partial charge in [-0.3, -0.25) is 4.79 Å². The summed E-state index contributed by atoms with van der Waals surface area (Å²) >= 11 is 5.77. The second kappa shape index (κ2) is 3.65. The maximum absolute atomic E-state index is 11.8. The highest BCUT2D eigenvalue weighted by molar-refractivity contribution is 6.19. The van der Waals surface area contributed by atoms with Crippen molar-refractivity contribution in [3.05, 3.63) is 0 Å². The van der Waals surface area contributed by atoms with E-state index >= 15 is 0 Å². The van der Waals surface area contributed by atoms with Crippen molar-refractivity contribution in [3.63, 3.8) is 0 Å². The van der Waals surface area contributed by atoms with Crippen molar-refractivity contribution in [3.8, 4) is 0 Å². The lowest BCUT2D eigenvalue weighted by Crippen LogP contribution is -2.55. The summed E-state index contributed by atoms with van der Waals surface area (Å²) in [6, 6.07) is 0.417. The lowest BCUT2D eigenvalue weighted by molar-refractivity contribution is -0.131. The second-order valence-electron chi connectivity index (χ2n) is 5.95. The zero-order valence-corrected chi connectivity index (χ0v) is 10.4. The maximum atomic E-state index is 11.8. The lowest BCUT2D eigenvalue weighted by Gasteiger charge is -2.54. The van der Waals surface area contributed by atoms with Crippen molar-refractivity contribution in [2.45, 2.75) is 52.0 Å². The van der Waals surface area contributed by atoms with Crippen molar-refractivity contribution in [2.75, 3.05) is 5.88 Å². The van der Waals surface area contributed by atoms with Gasteiger partial charge < -0.3 is 5.32 Å². The molecule has 3 heteroatoms. The van der Waals surface area contributed by atoms with Crippen molar-refractivity contribution in [2.24, 2.45) is 10.8 Å². The van der Waals surface area contributed by atoms with Crippen LogP contribution in [0.3, 0.4) is 0 Å². The zero-order chi connectivity index (χ0) is 11.1. The predicted molar refractivity (Wildman–Crippen MR) is 61.9 cm³/mol. The molecule has 0 unspecified atom stereocenters. The van der Waals surface area contributed by atoms with Crippen LogP contribution < -0.4 is 5.32 Å². The Bertz CT molecular complexity index is 263. The summed E-state index contributed by atoms with van der Waals surface area (Å²) in [4.78, 5) is 11.8. The molecule has 0 heterocycles. The zero-order valence-electron chi connectivity index (χ0n) is 9.61. The number of carbonyl (C=O) groups excluding carboxylic acids is 1. The average molecular weight is 230 g/mol. The van der Waals surface area contributed by atoms with E-state index in [1.807, 2.05) is 13.8 Å². The number of carbonyl (C=O) groups is 1. The molecule has 0 aromatic carbocycles. The number of amides is 1. The molecule has 15 heavy (non-hydrogen) atoms. The predicted octanol–water partition coefficient (Wildman–Crippen LogP) is 2.70. The van der Waals surface area contributed by atoms with Gasteiger partial charge in [-0.2, -0.15) is 0 Å². The van der Waals surface area contributed by atoms with Gasteiger partial charge in [0.1, 0.15) is 0 Å². The van der Waals surface area contributed by atoms with Crippen LogP contribution >= 0.6 is 11.6 Å². The third-order valence-electron chi connectivity index (χ3n) is 4.06. The Morgan fingerprint density at radius 2 is 2.07 bits per heavy atom. The first-order valence-corrected chi connectivity index (χ1v) is 6.38. The van der Waals surface area contributed by atoms with Crippen LogP contribution in [-0.4, -0.2) is 17.8 Å². The van der Waals surface area contributed by atoms with Gasteiger partial charge >= 0.3 is 0 Å². The normalized spacial score (nSPS) is 24.5. The summed E-state index contributed by atoms with van der Waals surface area (Å²) in [7, 11) is 0. The number of hydrogen-bond acceptors (Lipinski definition) is 1. The summed E-state index contributed by atoms with van der Waals surface area (Å²) in [5, 5.41) is 3.11. The van der Waals surface area contributed by atoms with Gasteiger partial charge in [-0.25, -0.2) is 0 Å². The first kappa shape index (κ1) is 11.3. The molecule has 2 fully saturated rings. The Hall–Kier alpha value is -0.240. The van der Waals surface area contributed by atoms with Crippen LogP contribution in [0, 0.1) is 10.8 Å². The summed E-state index contributed by atoms with van der Waals surface area (Å²) < 4.78 is 0. The standard InChI is InChI=1S/C12H20ClNO/c1-11(2,8-13)10(15)14-9-6-12(7-9)4-3-5-12/h9H,3-8H2,1-2H3,(H,14,15). The molecule has 0 aromatic rings. The highest BCUT2D eigenvalue weighted by Crippen LogP contribution is 2.55. The van der Waals surface area contributed by atoms with Gasteiger partial charge in [0.05, 0.1) is 5.41 Å². The van der Waals surface area contributed by atoms with E-state index in [0.717, 1.165) is 0 Å². The van der Waals surface area contributed by atoms with Crippen LogP contribution in [0.15, 0.2) is 0 Å². The number of alkyl halides is 1. The molecule has 0 aromatic heterocycles. The van der Waals surface area contributed by atoms with Gasteiger partial charge in [-0.15, -0.1) is 11.6 Å². The molecule has 1 N–H and O–H groups in total. The van der Waals surface area contributed by atoms with E-state index in [1.165, 1.54) is 32.1 Å². The molecule has 0 saturated heterocycles. The Kier molecular flexibility index (Phi) is 2.74. The summed E-state index contributed by atoms with van der Waals surface area (Å²) in [5.74, 6) is 0.494. The minimum Gasteiger partial charge on any atom is -0.353 e. The topological polar surface area (TPSA) is 29.1 Å². The second-order valence-corrected chi connectivity index (χ2v) is 6.22. The molecule has 86 valence electrons. The average Bonchev–Trinajstić information content (AvgIpc) is 2.06. The molecule has 2 saturated carbocycles. The molecular weight excluding hydrogens is 210 g/mol. The smallest absolute Gasteiger partial charge is 0.227 e. The van der Waals surface area contributed by atoms with Crippen molar-refractivity contribution in [1.82, 2.24) is 5.32 Å². The van der Waals surface area contributed by atoms with Crippen LogP contribution in [0.2, 0.25) is 0 Å². The number of nitrogens with one attached hydrogen (secondary N) is 1. The summed E-state index contributed by atoms with van der Waals surface area (Å²) in [5.41, 5.74) is 0.201. The maximum Gasteiger partial charge on any atom is 0.227 e. The van der Waals surface area contributed by atoms with Crippen molar-refractivity contribution < 1.29 is 4.79 Å². The van der Waals surface area contributed by atoms with Gasteiger partial charge in [-0.1, -0.05) is 6.42 Å². The molecule has 0 bridgehead atoms. The van der Waals surface area contributed by atoms with Crippen LogP contribution in [0.4, 0.5) is 0 Å². The third-order valence-corrected chi connectivity index (χ3v) is 4.73. The van der Waals surface area contributed by atoms with E-state index in [0.29, 0.717) is 17.3 Å². The first-order chi connectivity index (χ1) is 6.97. The SMILES string of the molecule is CC(C)(CCl)C(=O)NC1CC2(CCC2)C1. The van der Waals surface area contributed by atoms with E-state index in [2.05, 4.69) is 5.32 Å². The molecule has 0 radical (unpaired) electrons. The van der Waals surface area contributed by atoms with Crippen molar-refractivity contribution >= 4 is 17.5 Å². The summed E-state index contributed by atoms with van der Waals surface area (Å²) in [6.07, 6.45) is 6.51. The van der Waals surface area contributed by atoms with Crippen LogP contribution in [0.25, 0.3) is 0 Å². The van der Waals surface area contributed by atoms with Gasteiger partial charge in [0.2, 0.25) is 5.91 Å². The molecule has 2 aliphatic carbocycles. The van der Waals surface area contributed by atoms with E-state index < -0.39 is 5.41 Å². The molecule has 2 rings (SSSR count). The number of halogens is 1. The first-order valence-electron chi connectivity index (χ1n) is 5.84. The largest absolute Gasteiger partial charge is 0.353 e. The van der Waals surface area contributed by atoms with E-state index in [9.17, 15) is 4.79 Å². The molecule has 0 aliphatic heterocycles. The Morgan fingerprint density at radius 1 is 1.47 bits per heavy atom. The minimum atomic E-state index is -0.427. The Balaban J connectivity index is 1.77. The molecule has 0 atom stereocenters. The van der Waals surface area contributed by atoms with Gasteiger partial charge in [-0.05, 0) is 44.9 Å². The fourth-order valence-corrected chi connectivity index (χ4v) is 2.74. The number of hydrogen-bond donors (Lipinski definition) is 1. The highest BCUT2D eigenvalue weighted by atomic mass is 35.5. The van der Waals surface area contributed by atoms with Crippen molar-refractivity contribution in [1.29, 1.82) is 0 Å². The van der Waals surface area contributed by atoms with Gasteiger partial charge in [0.15, 0.2) is 0 Å². The molecule has 2 aliphatic rings. The molecule has 1 spiro atoms. The Morgan fingerprint density at radius 3 is 2.47 bits per heavy atom. The molecule has 2 nitrogen and oxygen atoms in total. The van der Waals surface area contributed by atoms with E-state index in [-0.39, 0.29) is 5.91 Å². The lowest BCUT2D eigenvalue weighted by atomic mass is 9.54. The quantitative estimate of drug-likeness (QED) is 0.741. The molecule has 1 amide bonds. The summed E-state index contributed by atoms with van der Waals surface area (Å²) in [6.45, 7) is 3.79. The fraction of sp³-hybridized carbons (Fsp3) is 0.917. The number of rotatable bonds is 3. The minimum absolute atomic E-state index is 0.108. The fourth-order valence-electron chi connectivity index (χ4n) is 2.61. The third kappa shape index (κ3) is 2.01. The molecular formula is C12H20ClNO.